The summed E-state index contributed by atoms with van der Waals surface area (Å²) < 4.78 is 0. The van der Waals surface area contributed by atoms with Crippen molar-refractivity contribution in [3.8, 4) is 5.75 Å². The molecule has 2 aromatic carbocycles. The first-order valence-corrected chi connectivity index (χ1v) is 6.15. The van der Waals surface area contributed by atoms with Gasteiger partial charge in [0.1, 0.15) is 5.75 Å². The zero-order valence-corrected chi connectivity index (χ0v) is 11.1. The lowest BCUT2D eigenvalue weighted by Crippen LogP contribution is -1.93. The number of aryl methyl sites for hydroxylation is 2. The fraction of sp³-hybridized carbons (Fsp3) is 0.118. The van der Waals surface area contributed by atoms with Crippen LogP contribution in [0.5, 0.6) is 5.75 Å². The summed E-state index contributed by atoms with van der Waals surface area (Å²) in [5, 5.41) is 9.43. The van der Waals surface area contributed by atoms with Gasteiger partial charge in [0.05, 0.1) is 0 Å². The highest BCUT2D eigenvalue weighted by molar-refractivity contribution is 6.06. The summed E-state index contributed by atoms with van der Waals surface area (Å²) in [6.45, 7) is 3.82. The molecule has 0 unspecified atom stereocenters. The van der Waals surface area contributed by atoms with Crippen molar-refractivity contribution in [1.82, 2.24) is 0 Å². The van der Waals surface area contributed by atoms with Gasteiger partial charge in [-0.05, 0) is 43.2 Å². The highest BCUT2D eigenvalue weighted by atomic mass is 16.3. The molecule has 1 N–H and O–H groups in total. The number of carbonyl (C=O) groups excluding carboxylic acids is 1. The van der Waals surface area contributed by atoms with Gasteiger partial charge in [0.2, 0.25) is 0 Å². The van der Waals surface area contributed by atoms with Crippen LogP contribution in [0, 0.1) is 13.8 Å². The van der Waals surface area contributed by atoms with Crippen LogP contribution in [-0.4, -0.2) is 10.9 Å². The van der Waals surface area contributed by atoms with Crippen molar-refractivity contribution < 1.29 is 9.90 Å². The first kappa shape index (κ1) is 13.1. The molecule has 2 nitrogen and oxygen atoms in total. The van der Waals surface area contributed by atoms with Crippen molar-refractivity contribution in [2.45, 2.75) is 13.8 Å². The Morgan fingerprint density at radius 1 is 1.05 bits per heavy atom. The van der Waals surface area contributed by atoms with Crippen molar-refractivity contribution >= 4 is 11.9 Å². The van der Waals surface area contributed by atoms with Crippen LogP contribution in [0.15, 0.2) is 48.5 Å². The van der Waals surface area contributed by atoms with Crippen molar-refractivity contribution in [3.05, 3.63) is 70.8 Å². The van der Waals surface area contributed by atoms with E-state index in [4.69, 9.17) is 0 Å². The smallest absolute Gasteiger partial charge is 0.185 e. The largest absolute Gasteiger partial charge is 0.508 e. The Labute approximate surface area is 113 Å². The van der Waals surface area contributed by atoms with Gasteiger partial charge in [0, 0.05) is 5.56 Å². The predicted octanol–water partition coefficient (Wildman–Crippen LogP) is 3.91. The Morgan fingerprint density at radius 2 is 1.74 bits per heavy atom. The third kappa shape index (κ3) is 3.32. The lowest BCUT2D eigenvalue weighted by atomic mass is 10.1. The molecule has 96 valence electrons. The van der Waals surface area contributed by atoms with E-state index >= 15 is 0 Å². The number of hydrogen-bond donors (Lipinski definition) is 1. The molecule has 0 amide bonds. The maximum absolute atomic E-state index is 11.9. The maximum atomic E-state index is 11.9. The van der Waals surface area contributed by atoms with E-state index < -0.39 is 0 Å². The molecule has 19 heavy (non-hydrogen) atoms. The second kappa shape index (κ2) is 5.53. The van der Waals surface area contributed by atoms with Crippen LogP contribution in [0.3, 0.4) is 0 Å². The quantitative estimate of drug-likeness (QED) is 0.664. The molecule has 0 radical (unpaired) electrons. The average molecular weight is 252 g/mol. The number of rotatable bonds is 3. The highest BCUT2D eigenvalue weighted by Crippen LogP contribution is 2.18. The molecule has 2 rings (SSSR count). The monoisotopic (exact) mass is 252 g/mol. The Morgan fingerprint density at radius 3 is 2.37 bits per heavy atom. The molecule has 0 saturated carbocycles. The highest BCUT2D eigenvalue weighted by Gasteiger charge is 2.01. The first-order chi connectivity index (χ1) is 9.06. The second-order valence-electron chi connectivity index (χ2n) is 4.61. The molecule has 0 aliphatic rings. The van der Waals surface area contributed by atoms with Gasteiger partial charge in [-0.15, -0.1) is 0 Å². The molecule has 0 atom stereocenters. The van der Waals surface area contributed by atoms with Gasteiger partial charge in [-0.2, -0.15) is 0 Å². The lowest BCUT2D eigenvalue weighted by molar-refractivity contribution is 0.104. The summed E-state index contributed by atoms with van der Waals surface area (Å²) >= 11 is 0. The zero-order chi connectivity index (χ0) is 13.8. The number of phenolic OH excluding ortho intramolecular Hbond substituents is 1. The van der Waals surface area contributed by atoms with E-state index in [0.29, 0.717) is 5.56 Å². The van der Waals surface area contributed by atoms with E-state index in [-0.39, 0.29) is 11.5 Å². The minimum absolute atomic E-state index is 0.0225. The minimum Gasteiger partial charge on any atom is -0.508 e. The Hall–Kier alpha value is -2.35. The topological polar surface area (TPSA) is 37.3 Å². The van der Waals surface area contributed by atoms with Gasteiger partial charge in [0.15, 0.2) is 5.78 Å². The summed E-state index contributed by atoms with van der Waals surface area (Å²) in [7, 11) is 0. The summed E-state index contributed by atoms with van der Waals surface area (Å²) in [5.74, 6) is 0.243. The SMILES string of the molecule is Cc1ccc(C(=O)/C=C/c2ccc(O)c(C)c2)cc1. The molecular formula is C17H16O2. The van der Waals surface area contributed by atoms with E-state index in [0.717, 1.165) is 16.7 Å². The number of hydrogen-bond acceptors (Lipinski definition) is 2. The van der Waals surface area contributed by atoms with E-state index in [2.05, 4.69) is 0 Å². The molecule has 0 fully saturated rings. The van der Waals surface area contributed by atoms with Gasteiger partial charge in [-0.1, -0.05) is 42.0 Å². The second-order valence-corrected chi connectivity index (χ2v) is 4.61. The van der Waals surface area contributed by atoms with Crippen LogP contribution < -0.4 is 0 Å². The Bertz CT molecular complexity index is 622. The summed E-state index contributed by atoms with van der Waals surface area (Å²) in [6, 6.07) is 12.7. The molecule has 0 saturated heterocycles. The maximum Gasteiger partial charge on any atom is 0.185 e. The number of benzene rings is 2. The standard InChI is InChI=1S/C17H16O2/c1-12-3-7-15(8-4-12)17(19)10-6-14-5-9-16(18)13(2)11-14/h3-11,18H,1-2H3/b10-6+. The number of ketones is 1. The average Bonchev–Trinajstić information content (AvgIpc) is 2.40. The third-order valence-electron chi connectivity index (χ3n) is 2.98. The van der Waals surface area contributed by atoms with E-state index in [9.17, 15) is 9.90 Å². The van der Waals surface area contributed by atoms with Crippen LogP contribution >= 0.6 is 0 Å². The molecule has 0 bridgehead atoms. The fourth-order valence-electron chi connectivity index (χ4n) is 1.77. The molecule has 0 heterocycles. The Kier molecular flexibility index (Phi) is 3.81. The zero-order valence-electron chi connectivity index (χ0n) is 11.1. The van der Waals surface area contributed by atoms with Crippen LogP contribution in [0.25, 0.3) is 6.08 Å². The van der Waals surface area contributed by atoms with Gasteiger partial charge in [-0.3, -0.25) is 4.79 Å². The van der Waals surface area contributed by atoms with Gasteiger partial charge >= 0.3 is 0 Å². The van der Waals surface area contributed by atoms with Crippen LogP contribution in [0.4, 0.5) is 0 Å². The van der Waals surface area contributed by atoms with Crippen LogP contribution in [-0.2, 0) is 0 Å². The van der Waals surface area contributed by atoms with Gasteiger partial charge < -0.3 is 5.11 Å². The number of allylic oxidation sites excluding steroid dienone is 1. The third-order valence-corrected chi connectivity index (χ3v) is 2.98. The number of aromatic hydroxyl groups is 1. The molecule has 0 aliphatic heterocycles. The molecule has 0 spiro atoms. The normalized spacial score (nSPS) is 10.8. The van der Waals surface area contributed by atoms with Crippen molar-refractivity contribution in [1.29, 1.82) is 0 Å². The molecule has 0 aromatic heterocycles. The molecular weight excluding hydrogens is 236 g/mol. The van der Waals surface area contributed by atoms with Crippen molar-refractivity contribution in [2.75, 3.05) is 0 Å². The van der Waals surface area contributed by atoms with Gasteiger partial charge in [0.25, 0.3) is 0 Å². The minimum atomic E-state index is -0.0225. The van der Waals surface area contributed by atoms with Crippen molar-refractivity contribution in [3.63, 3.8) is 0 Å². The fourth-order valence-corrected chi connectivity index (χ4v) is 1.77. The summed E-state index contributed by atoms with van der Waals surface area (Å²) in [5.41, 5.74) is 3.51. The number of carbonyl (C=O) groups is 1. The lowest BCUT2D eigenvalue weighted by Gasteiger charge is -2.00. The molecule has 2 heteroatoms. The van der Waals surface area contributed by atoms with Gasteiger partial charge in [-0.25, -0.2) is 0 Å². The molecule has 2 aromatic rings. The van der Waals surface area contributed by atoms with Crippen LogP contribution in [0.1, 0.15) is 27.0 Å². The van der Waals surface area contributed by atoms with E-state index in [1.807, 2.05) is 44.2 Å². The molecule has 0 aliphatic carbocycles. The predicted molar refractivity (Wildman–Crippen MR) is 77.4 cm³/mol. The number of phenols is 1. The Balaban J connectivity index is 2.15. The first-order valence-electron chi connectivity index (χ1n) is 6.15. The summed E-state index contributed by atoms with van der Waals surface area (Å²) in [4.78, 5) is 11.9. The van der Waals surface area contributed by atoms with Crippen molar-refractivity contribution in [2.24, 2.45) is 0 Å². The van der Waals surface area contributed by atoms with E-state index in [1.54, 1.807) is 24.3 Å². The summed E-state index contributed by atoms with van der Waals surface area (Å²) in [6.07, 6.45) is 3.31. The van der Waals surface area contributed by atoms with Crippen LogP contribution in [0.2, 0.25) is 0 Å². The van der Waals surface area contributed by atoms with E-state index in [1.165, 1.54) is 0 Å².